The lowest BCUT2D eigenvalue weighted by Gasteiger charge is -2.07. The molecule has 0 radical (unpaired) electrons. The Morgan fingerprint density at radius 1 is 1.28 bits per heavy atom. The summed E-state index contributed by atoms with van der Waals surface area (Å²) in [5, 5.41) is 3.04. The highest BCUT2D eigenvalue weighted by atomic mass is 32.2. The third-order valence-electron chi connectivity index (χ3n) is 3.38. The van der Waals surface area contributed by atoms with Crippen molar-refractivity contribution in [3.05, 3.63) is 58.6 Å². The molecule has 0 aliphatic heterocycles. The summed E-state index contributed by atoms with van der Waals surface area (Å²) in [5.74, 6) is 0.538. The molecule has 0 aliphatic carbocycles. The van der Waals surface area contributed by atoms with Crippen LogP contribution in [0.25, 0.3) is 5.65 Å². The van der Waals surface area contributed by atoms with E-state index in [2.05, 4.69) is 15.3 Å². The van der Waals surface area contributed by atoms with Gasteiger partial charge in [0.05, 0.1) is 12.9 Å². The van der Waals surface area contributed by atoms with Gasteiger partial charge in [0.25, 0.3) is 0 Å². The van der Waals surface area contributed by atoms with Crippen LogP contribution in [0.5, 0.6) is 5.75 Å². The summed E-state index contributed by atoms with van der Waals surface area (Å²) >= 11 is 1.11. The number of ether oxygens (including phenoxy) is 1. The van der Waals surface area contributed by atoms with Crippen molar-refractivity contribution >= 4 is 29.0 Å². The number of fused-ring (bicyclic) bond motifs is 1. The normalized spacial score (nSPS) is 10.6. The number of carbonyl (C=O) groups excluding carboxylic acids is 1. The number of rotatable bonds is 5. The number of hydrogen-bond donors (Lipinski definition) is 1. The number of anilines is 1. The van der Waals surface area contributed by atoms with E-state index in [1.165, 1.54) is 4.40 Å². The van der Waals surface area contributed by atoms with Gasteiger partial charge in [0.2, 0.25) is 5.91 Å². The predicted octanol–water partition coefficient (Wildman–Crippen LogP) is 2.14. The fraction of sp³-hybridized carbons (Fsp3) is 0.176. The maximum Gasteiger partial charge on any atom is 0.355 e. The molecule has 2 aromatic heterocycles. The first-order valence-electron chi connectivity index (χ1n) is 7.49. The van der Waals surface area contributed by atoms with E-state index in [9.17, 15) is 9.59 Å². The van der Waals surface area contributed by atoms with Crippen LogP contribution in [0.1, 0.15) is 5.56 Å². The number of aryl methyl sites for hydroxylation is 1. The molecule has 0 saturated carbocycles. The van der Waals surface area contributed by atoms with Crippen LogP contribution in [-0.4, -0.2) is 33.1 Å². The lowest BCUT2D eigenvalue weighted by molar-refractivity contribution is -0.113. The van der Waals surface area contributed by atoms with Gasteiger partial charge in [0.1, 0.15) is 11.4 Å². The molecule has 0 aliphatic rings. The van der Waals surface area contributed by atoms with Crippen molar-refractivity contribution in [1.82, 2.24) is 14.4 Å². The van der Waals surface area contributed by atoms with Gasteiger partial charge in [-0.2, -0.15) is 4.98 Å². The number of aromatic nitrogens is 3. The maximum atomic E-state index is 12.1. The Hall–Kier alpha value is -2.87. The number of nitrogens with one attached hydrogen (secondary N) is 1. The number of pyridine rings is 1. The van der Waals surface area contributed by atoms with Gasteiger partial charge >= 0.3 is 5.69 Å². The Kier molecular flexibility index (Phi) is 4.99. The molecule has 25 heavy (non-hydrogen) atoms. The highest BCUT2D eigenvalue weighted by Gasteiger charge is 2.09. The van der Waals surface area contributed by atoms with Crippen LogP contribution >= 0.6 is 11.8 Å². The number of nitrogens with zero attached hydrogens (tertiary/aromatic N) is 3. The lowest BCUT2D eigenvalue weighted by Crippen LogP contribution is -2.20. The first-order chi connectivity index (χ1) is 12.0. The molecule has 3 aromatic rings. The summed E-state index contributed by atoms with van der Waals surface area (Å²) < 4.78 is 6.48. The van der Waals surface area contributed by atoms with Gasteiger partial charge in [-0.05, 0) is 36.8 Å². The van der Waals surface area contributed by atoms with E-state index in [4.69, 9.17) is 4.74 Å². The third kappa shape index (κ3) is 4.16. The van der Waals surface area contributed by atoms with Crippen LogP contribution in [0.2, 0.25) is 0 Å². The molecular formula is C17H16N4O3S. The first kappa shape index (κ1) is 17.0. The Morgan fingerprint density at radius 2 is 2.12 bits per heavy atom. The van der Waals surface area contributed by atoms with Crippen LogP contribution in [0.15, 0.2) is 52.5 Å². The topological polar surface area (TPSA) is 85.6 Å². The Bertz CT molecular complexity index is 987. The van der Waals surface area contributed by atoms with Gasteiger partial charge in [-0.25, -0.2) is 9.78 Å². The number of hydrogen-bond acceptors (Lipinski definition) is 6. The number of methoxy groups -OCH3 is 1. The Balaban J connectivity index is 1.69. The third-order valence-corrected chi connectivity index (χ3v) is 4.23. The Morgan fingerprint density at radius 3 is 2.92 bits per heavy atom. The average molecular weight is 356 g/mol. The zero-order valence-corrected chi connectivity index (χ0v) is 14.5. The minimum Gasteiger partial charge on any atom is -0.497 e. The fourth-order valence-electron chi connectivity index (χ4n) is 2.19. The van der Waals surface area contributed by atoms with Crippen molar-refractivity contribution in [1.29, 1.82) is 0 Å². The number of benzene rings is 1. The zero-order valence-electron chi connectivity index (χ0n) is 13.7. The van der Waals surface area contributed by atoms with Gasteiger partial charge in [0, 0.05) is 18.0 Å². The lowest BCUT2D eigenvalue weighted by atomic mass is 10.3. The summed E-state index contributed by atoms with van der Waals surface area (Å²) in [6.45, 7) is 1.92. The summed E-state index contributed by atoms with van der Waals surface area (Å²) in [6, 6.07) is 10.7. The molecule has 0 atom stereocenters. The van der Waals surface area contributed by atoms with Crippen molar-refractivity contribution in [2.75, 3.05) is 18.2 Å². The van der Waals surface area contributed by atoms with E-state index in [-0.39, 0.29) is 16.8 Å². The molecule has 128 valence electrons. The quantitative estimate of drug-likeness (QED) is 0.705. The Labute approximate surface area is 148 Å². The van der Waals surface area contributed by atoms with E-state index in [0.29, 0.717) is 17.1 Å². The van der Waals surface area contributed by atoms with Crippen LogP contribution in [0.4, 0.5) is 5.69 Å². The van der Waals surface area contributed by atoms with Gasteiger partial charge in [-0.1, -0.05) is 17.8 Å². The second-order valence-electron chi connectivity index (χ2n) is 5.29. The molecule has 1 N–H and O–H groups in total. The maximum absolute atomic E-state index is 12.1. The zero-order chi connectivity index (χ0) is 17.8. The standard InChI is InChI=1S/C17H16N4O3S/c1-11-6-7-21-14(8-11)19-16(20-17(21)23)25-10-15(22)18-12-4-3-5-13(9-12)24-2/h3-9H,10H2,1-2H3,(H,18,22). The van der Waals surface area contributed by atoms with Crippen LogP contribution in [0.3, 0.4) is 0 Å². The second kappa shape index (κ2) is 7.35. The van der Waals surface area contributed by atoms with E-state index in [1.807, 2.05) is 13.0 Å². The fourth-order valence-corrected chi connectivity index (χ4v) is 2.82. The molecule has 0 spiro atoms. The molecule has 0 unspecified atom stereocenters. The summed E-state index contributed by atoms with van der Waals surface area (Å²) in [7, 11) is 1.56. The summed E-state index contributed by atoms with van der Waals surface area (Å²) in [5.41, 5.74) is 1.72. The number of thioether (sulfide) groups is 1. The molecule has 0 fully saturated rings. The van der Waals surface area contributed by atoms with Crippen molar-refractivity contribution in [2.45, 2.75) is 12.1 Å². The van der Waals surface area contributed by atoms with Crippen molar-refractivity contribution < 1.29 is 9.53 Å². The van der Waals surface area contributed by atoms with E-state index >= 15 is 0 Å². The van der Waals surface area contributed by atoms with Gasteiger partial charge in [-0.15, -0.1) is 0 Å². The SMILES string of the molecule is COc1cccc(NC(=O)CSc2nc(=O)n3ccc(C)cc3n2)c1. The van der Waals surface area contributed by atoms with Crippen LogP contribution in [0, 0.1) is 6.92 Å². The highest BCUT2D eigenvalue weighted by Crippen LogP contribution is 2.18. The molecule has 2 heterocycles. The number of amides is 1. The molecule has 3 rings (SSSR count). The van der Waals surface area contributed by atoms with Gasteiger partial charge < -0.3 is 10.1 Å². The van der Waals surface area contributed by atoms with Gasteiger partial charge in [-0.3, -0.25) is 9.20 Å². The number of carbonyl (C=O) groups is 1. The minimum atomic E-state index is -0.416. The molecular weight excluding hydrogens is 340 g/mol. The van der Waals surface area contributed by atoms with E-state index < -0.39 is 5.69 Å². The van der Waals surface area contributed by atoms with E-state index in [1.54, 1.807) is 43.6 Å². The van der Waals surface area contributed by atoms with Crippen molar-refractivity contribution in [3.8, 4) is 5.75 Å². The average Bonchev–Trinajstić information content (AvgIpc) is 2.59. The summed E-state index contributed by atoms with van der Waals surface area (Å²) in [6.07, 6.45) is 1.64. The smallest absolute Gasteiger partial charge is 0.355 e. The predicted molar refractivity (Wildman–Crippen MR) is 96.3 cm³/mol. The molecule has 7 nitrogen and oxygen atoms in total. The van der Waals surface area contributed by atoms with Crippen LogP contribution < -0.4 is 15.7 Å². The first-order valence-corrected chi connectivity index (χ1v) is 8.47. The van der Waals surface area contributed by atoms with Gasteiger partial charge in [0.15, 0.2) is 5.16 Å². The second-order valence-corrected chi connectivity index (χ2v) is 6.23. The molecule has 8 heteroatoms. The van der Waals surface area contributed by atoms with Crippen LogP contribution in [-0.2, 0) is 4.79 Å². The van der Waals surface area contributed by atoms with E-state index in [0.717, 1.165) is 17.3 Å². The molecule has 0 bridgehead atoms. The molecule has 1 amide bonds. The highest BCUT2D eigenvalue weighted by molar-refractivity contribution is 7.99. The van der Waals surface area contributed by atoms with Crippen molar-refractivity contribution in [2.24, 2.45) is 0 Å². The monoisotopic (exact) mass is 356 g/mol. The molecule has 1 aromatic carbocycles. The summed E-state index contributed by atoms with van der Waals surface area (Å²) in [4.78, 5) is 32.3. The minimum absolute atomic E-state index is 0.0959. The van der Waals surface area contributed by atoms with Crippen molar-refractivity contribution in [3.63, 3.8) is 0 Å². The molecule has 0 saturated heterocycles. The largest absolute Gasteiger partial charge is 0.497 e.